The highest BCUT2D eigenvalue weighted by molar-refractivity contribution is 7.92. The lowest BCUT2D eigenvalue weighted by Crippen LogP contribution is -2.54. The van der Waals surface area contributed by atoms with Crippen LogP contribution in [0.4, 0.5) is 5.69 Å². The smallest absolute Gasteiger partial charge is 0.264 e. The summed E-state index contributed by atoms with van der Waals surface area (Å²) >= 11 is 6.19. The number of sulfonamides is 1. The largest absolute Gasteiger partial charge is 0.493 e. The van der Waals surface area contributed by atoms with Gasteiger partial charge in [-0.25, -0.2) is 8.42 Å². The third-order valence-corrected chi connectivity index (χ3v) is 10.9. The molecule has 0 bridgehead atoms. The molecule has 0 radical (unpaired) electrons. The van der Waals surface area contributed by atoms with E-state index >= 15 is 0 Å². The molecule has 1 aliphatic carbocycles. The van der Waals surface area contributed by atoms with Crippen LogP contribution in [-0.2, 0) is 32.6 Å². The highest BCUT2D eigenvalue weighted by Crippen LogP contribution is 2.33. The minimum absolute atomic E-state index is 0.0252. The lowest BCUT2D eigenvalue weighted by molar-refractivity contribution is -0.140. The Hall–Kier alpha value is -4.54. The van der Waals surface area contributed by atoms with Crippen LogP contribution < -0.4 is 19.1 Å². The highest BCUT2D eigenvalue weighted by Gasteiger charge is 2.36. The second kappa shape index (κ2) is 16.2. The number of carbonyl (C=O) groups excluding carboxylic acids is 2. The maximum atomic E-state index is 14.8. The first-order valence-corrected chi connectivity index (χ1v) is 18.1. The quantitative estimate of drug-likeness (QED) is 0.160. The van der Waals surface area contributed by atoms with Crippen molar-refractivity contribution in [3.05, 3.63) is 119 Å². The van der Waals surface area contributed by atoms with Crippen molar-refractivity contribution in [3.8, 4) is 11.5 Å². The van der Waals surface area contributed by atoms with E-state index in [0.29, 0.717) is 10.8 Å². The van der Waals surface area contributed by atoms with E-state index in [2.05, 4.69) is 5.32 Å². The predicted molar refractivity (Wildman–Crippen MR) is 192 cm³/mol. The summed E-state index contributed by atoms with van der Waals surface area (Å²) in [7, 11) is -1.47. The topological polar surface area (TPSA) is 105 Å². The molecule has 1 atom stereocenters. The van der Waals surface area contributed by atoms with E-state index in [1.165, 1.54) is 37.3 Å². The fourth-order valence-corrected chi connectivity index (χ4v) is 7.69. The lowest BCUT2D eigenvalue weighted by atomic mass is 10.0. The Bertz CT molecular complexity index is 1850. The van der Waals surface area contributed by atoms with E-state index in [0.717, 1.165) is 46.7 Å². The molecular formula is C38H42ClN3O6S. The maximum Gasteiger partial charge on any atom is 0.264 e. The molecule has 0 saturated heterocycles. The number of nitrogens with one attached hydrogen (secondary N) is 1. The van der Waals surface area contributed by atoms with E-state index in [1.54, 1.807) is 24.3 Å². The molecule has 0 aromatic heterocycles. The van der Waals surface area contributed by atoms with Gasteiger partial charge in [-0.1, -0.05) is 79.0 Å². The van der Waals surface area contributed by atoms with Gasteiger partial charge in [-0.05, 0) is 72.9 Å². The van der Waals surface area contributed by atoms with Gasteiger partial charge in [-0.15, -0.1) is 0 Å². The molecule has 5 rings (SSSR count). The number of benzene rings is 4. The molecule has 49 heavy (non-hydrogen) atoms. The van der Waals surface area contributed by atoms with Crippen molar-refractivity contribution in [1.82, 2.24) is 10.2 Å². The third kappa shape index (κ3) is 8.74. The first-order chi connectivity index (χ1) is 23.6. The van der Waals surface area contributed by atoms with E-state index in [9.17, 15) is 18.0 Å². The molecule has 4 aromatic carbocycles. The van der Waals surface area contributed by atoms with Gasteiger partial charge in [0, 0.05) is 30.1 Å². The Morgan fingerprint density at radius 3 is 2.18 bits per heavy atom. The van der Waals surface area contributed by atoms with Gasteiger partial charge < -0.3 is 19.7 Å². The van der Waals surface area contributed by atoms with Crippen LogP contribution in [0.25, 0.3) is 0 Å². The summed E-state index contributed by atoms with van der Waals surface area (Å²) in [6.45, 7) is 1.47. The van der Waals surface area contributed by atoms with Gasteiger partial charge in [0.15, 0.2) is 11.5 Å². The van der Waals surface area contributed by atoms with Crippen molar-refractivity contribution in [1.29, 1.82) is 0 Å². The SMILES string of the molecule is COc1ccc(S(=O)(=O)N(CC(=O)N(Cc2ccccc2C)[C@H](Cc2ccccc2)C(=O)NC2CCCC2)c2ccc(Cl)cc2)cc1OC. The fourth-order valence-electron chi connectivity index (χ4n) is 6.13. The van der Waals surface area contributed by atoms with Gasteiger partial charge in [-0.3, -0.25) is 13.9 Å². The molecular weight excluding hydrogens is 662 g/mol. The van der Waals surface area contributed by atoms with Gasteiger partial charge in [0.25, 0.3) is 10.0 Å². The molecule has 1 fully saturated rings. The number of aryl methyl sites for hydroxylation is 1. The van der Waals surface area contributed by atoms with E-state index in [-0.39, 0.29) is 41.2 Å². The Morgan fingerprint density at radius 2 is 1.53 bits per heavy atom. The molecule has 1 saturated carbocycles. The monoisotopic (exact) mass is 703 g/mol. The zero-order valence-corrected chi connectivity index (χ0v) is 29.5. The number of methoxy groups -OCH3 is 2. The molecule has 2 amide bonds. The van der Waals surface area contributed by atoms with Crippen molar-refractivity contribution >= 4 is 39.1 Å². The zero-order chi connectivity index (χ0) is 35.0. The van der Waals surface area contributed by atoms with Gasteiger partial charge >= 0.3 is 0 Å². The number of halogens is 1. The molecule has 0 spiro atoms. The number of anilines is 1. The normalized spacial score (nSPS) is 13.8. The van der Waals surface area contributed by atoms with Crippen LogP contribution in [0, 0.1) is 6.92 Å². The number of ether oxygens (including phenoxy) is 2. The molecule has 0 unspecified atom stereocenters. The number of hydrogen-bond donors (Lipinski definition) is 1. The molecule has 258 valence electrons. The first-order valence-electron chi connectivity index (χ1n) is 16.3. The summed E-state index contributed by atoms with van der Waals surface area (Å²) in [5.74, 6) is -0.223. The molecule has 0 aliphatic heterocycles. The Kier molecular flexibility index (Phi) is 11.9. The number of rotatable bonds is 14. The summed E-state index contributed by atoms with van der Waals surface area (Å²) in [4.78, 5) is 30.4. The molecule has 11 heteroatoms. The Labute approximate surface area is 293 Å². The lowest BCUT2D eigenvalue weighted by Gasteiger charge is -2.34. The number of carbonyl (C=O) groups is 2. The van der Waals surface area contributed by atoms with E-state index in [4.69, 9.17) is 21.1 Å². The fraction of sp³-hybridized carbons (Fsp3) is 0.316. The predicted octanol–water partition coefficient (Wildman–Crippen LogP) is 6.56. The summed E-state index contributed by atoms with van der Waals surface area (Å²) in [6, 6.07) is 26.8. The van der Waals surface area contributed by atoms with Gasteiger partial charge in [0.2, 0.25) is 11.8 Å². The summed E-state index contributed by atoms with van der Waals surface area (Å²) in [6.07, 6.45) is 4.07. The summed E-state index contributed by atoms with van der Waals surface area (Å²) in [5, 5.41) is 3.61. The third-order valence-electron chi connectivity index (χ3n) is 8.91. The van der Waals surface area contributed by atoms with Gasteiger partial charge in [0.05, 0.1) is 24.8 Å². The minimum atomic E-state index is -4.35. The minimum Gasteiger partial charge on any atom is -0.493 e. The van der Waals surface area contributed by atoms with E-state index in [1.807, 2.05) is 61.5 Å². The number of amides is 2. The molecule has 0 heterocycles. The summed E-state index contributed by atoms with van der Waals surface area (Å²) in [5.41, 5.74) is 2.91. The second-order valence-corrected chi connectivity index (χ2v) is 14.4. The van der Waals surface area contributed by atoms with Crippen LogP contribution >= 0.6 is 11.6 Å². The second-order valence-electron chi connectivity index (χ2n) is 12.1. The van der Waals surface area contributed by atoms with Crippen molar-refractivity contribution in [2.24, 2.45) is 0 Å². The number of nitrogens with zero attached hydrogens (tertiary/aromatic N) is 2. The highest BCUT2D eigenvalue weighted by atomic mass is 35.5. The average Bonchev–Trinajstić information content (AvgIpc) is 3.63. The standard InChI is InChI=1S/C38H42ClN3O6S/c1-27-11-7-8-14-29(27)25-41(34(23-28-12-5-4-6-13-28)38(44)40-31-15-9-10-16-31)37(43)26-42(32-19-17-30(39)18-20-32)49(45,46)33-21-22-35(47-2)36(24-33)48-3/h4-8,11-14,17-22,24,31,34H,9-10,15-16,23,25-26H2,1-3H3,(H,40,44)/t34-/m1/s1. The average molecular weight is 704 g/mol. The van der Waals surface area contributed by atoms with Crippen molar-refractivity contribution in [3.63, 3.8) is 0 Å². The summed E-state index contributed by atoms with van der Waals surface area (Å²) < 4.78 is 40.6. The van der Waals surface area contributed by atoms with Crippen molar-refractivity contribution < 1.29 is 27.5 Å². The van der Waals surface area contributed by atoms with Crippen LogP contribution in [0.15, 0.2) is 102 Å². The Morgan fingerprint density at radius 1 is 0.878 bits per heavy atom. The van der Waals surface area contributed by atoms with Crippen molar-refractivity contribution in [2.75, 3.05) is 25.1 Å². The number of hydrogen-bond acceptors (Lipinski definition) is 6. The van der Waals surface area contributed by atoms with Gasteiger partial charge in [-0.2, -0.15) is 0 Å². The van der Waals surface area contributed by atoms with Gasteiger partial charge in [0.1, 0.15) is 12.6 Å². The molecule has 1 aliphatic rings. The van der Waals surface area contributed by atoms with Crippen molar-refractivity contribution in [2.45, 2.75) is 62.6 Å². The Balaban J connectivity index is 1.59. The van der Waals surface area contributed by atoms with Crippen LogP contribution in [-0.4, -0.2) is 58.0 Å². The molecule has 9 nitrogen and oxygen atoms in total. The van der Waals surface area contributed by atoms with Crippen LogP contribution in [0.5, 0.6) is 11.5 Å². The maximum absolute atomic E-state index is 14.8. The first kappa shape index (κ1) is 35.8. The van der Waals surface area contributed by atoms with Crippen LogP contribution in [0.2, 0.25) is 5.02 Å². The van der Waals surface area contributed by atoms with E-state index < -0.39 is 28.5 Å². The zero-order valence-electron chi connectivity index (χ0n) is 28.0. The van der Waals surface area contributed by atoms with Crippen LogP contribution in [0.1, 0.15) is 42.4 Å². The van der Waals surface area contributed by atoms with Crippen LogP contribution in [0.3, 0.4) is 0 Å². The molecule has 1 N–H and O–H groups in total. The molecule has 4 aromatic rings.